The minimum atomic E-state index is -3.93. The molecule has 1 aromatic heterocycles. The number of aromatic nitrogens is 1. The molecule has 3 rings (SSSR count). The first-order valence-electron chi connectivity index (χ1n) is 8.40. The molecule has 0 amide bonds. The number of sulfonamides is 1. The van der Waals surface area contributed by atoms with E-state index in [1.165, 1.54) is 56.7 Å². The van der Waals surface area contributed by atoms with E-state index in [9.17, 15) is 12.8 Å². The van der Waals surface area contributed by atoms with Crippen LogP contribution in [0.25, 0.3) is 11.3 Å². The minimum Gasteiger partial charge on any atom is -0.493 e. The number of methoxy groups -OCH3 is 2. The van der Waals surface area contributed by atoms with Crippen LogP contribution in [-0.4, -0.2) is 27.6 Å². The average molecular weight is 448 g/mol. The second kappa shape index (κ2) is 8.57. The van der Waals surface area contributed by atoms with E-state index in [0.717, 1.165) is 6.07 Å². The lowest BCUT2D eigenvalue weighted by molar-refractivity contribution is 0.354. The van der Waals surface area contributed by atoms with Crippen molar-refractivity contribution in [1.82, 2.24) is 4.98 Å². The van der Waals surface area contributed by atoms with Crippen LogP contribution < -0.4 is 14.2 Å². The molecule has 0 aliphatic heterocycles. The van der Waals surface area contributed by atoms with E-state index in [2.05, 4.69) is 9.71 Å². The van der Waals surface area contributed by atoms with Gasteiger partial charge in [-0.1, -0.05) is 11.6 Å². The molecule has 0 atom stereocenters. The van der Waals surface area contributed by atoms with Gasteiger partial charge in [-0.15, -0.1) is 0 Å². The van der Waals surface area contributed by atoms with Gasteiger partial charge in [0.15, 0.2) is 23.0 Å². The smallest absolute Gasteiger partial charge is 0.262 e. The highest BCUT2D eigenvalue weighted by molar-refractivity contribution is 7.92. The molecule has 0 bridgehead atoms. The van der Waals surface area contributed by atoms with Gasteiger partial charge in [-0.05, 0) is 42.5 Å². The Bertz CT molecular complexity index is 1260. The van der Waals surface area contributed by atoms with Crippen molar-refractivity contribution in [2.45, 2.75) is 4.90 Å². The highest BCUT2D eigenvalue weighted by Crippen LogP contribution is 2.32. The summed E-state index contributed by atoms with van der Waals surface area (Å²) in [7, 11) is -1.08. The van der Waals surface area contributed by atoms with Crippen LogP contribution in [0.4, 0.5) is 10.1 Å². The topological polar surface area (TPSA) is 101 Å². The Labute approximate surface area is 177 Å². The lowest BCUT2D eigenvalue weighted by atomic mass is 10.1. The minimum absolute atomic E-state index is 0.0285. The molecule has 0 unspecified atom stereocenters. The van der Waals surface area contributed by atoms with Gasteiger partial charge in [-0.25, -0.2) is 17.8 Å². The van der Waals surface area contributed by atoms with Crippen LogP contribution in [0.15, 0.2) is 53.4 Å². The van der Waals surface area contributed by atoms with Gasteiger partial charge in [0.05, 0.1) is 35.5 Å². The lowest BCUT2D eigenvalue weighted by Gasteiger charge is -2.13. The summed E-state index contributed by atoms with van der Waals surface area (Å²) < 4.78 is 51.6. The van der Waals surface area contributed by atoms with E-state index in [4.69, 9.17) is 26.3 Å². The van der Waals surface area contributed by atoms with E-state index in [1.54, 1.807) is 6.07 Å². The van der Waals surface area contributed by atoms with E-state index >= 15 is 0 Å². The number of anilines is 1. The fourth-order valence-electron chi connectivity index (χ4n) is 2.65. The summed E-state index contributed by atoms with van der Waals surface area (Å²) in [5.74, 6) is -0.0755. The molecule has 0 fully saturated rings. The first kappa shape index (κ1) is 21.4. The van der Waals surface area contributed by atoms with E-state index in [-0.39, 0.29) is 32.7 Å². The number of halogens is 2. The molecule has 154 valence electrons. The molecule has 30 heavy (non-hydrogen) atoms. The Morgan fingerprint density at radius 1 is 1.07 bits per heavy atom. The predicted octanol–water partition coefficient (Wildman–Crippen LogP) is 4.23. The highest BCUT2D eigenvalue weighted by atomic mass is 35.5. The van der Waals surface area contributed by atoms with Crippen LogP contribution >= 0.6 is 11.6 Å². The SMILES string of the molecule is COc1ccc(S(=O)(=O)Nc2ccc(-c3ccc(F)c(C#N)n3)c(Cl)c2)cc1OC. The molecule has 10 heteroatoms. The number of hydrogen-bond acceptors (Lipinski definition) is 6. The predicted molar refractivity (Wildman–Crippen MR) is 110 cm³/mol. The zero-order valence-corrected chi connectivity index (χ0v) is 17.4. The van der Waals surface area contributed by atoms with Crippen molar-refractivity contribution in [3.8, 4) is 28.8 Å². The molecule has 0 aliphatic rings. The fourth-order valence-corrected chi connectivity index (χ4v) is 4.00. The van der Waals surface area contributed by atoms with Gasteiger partial charge >= 0.3 is 0 Å². The fraction of sp³-hybridized carbons (Fsp3) is 0.100. The Hall–Kier alpha value is -3.35. The molecule has 0 radical (unpaired) electrons. The number of benzene rings is 2. The van der Waals surface area contributed by atoms with E-state index in [1.807, 2.05) is 0 Å². The van der Waals surface area contributed by atoms with Crippen LogP contribution in [0.1, 0.15) is 5.69 Å². The molecular weight excluding hydrogens is 433 g/mol. The second-order valence-electron chi connectivity index (χ2n) is 5.96. The Balaban J connectivity index is 1.91. The third-order valence-corrected chi connectivity index (χ3v) is 5.81. The summed E-state index contributed by atoms with van der Waals surface area (Å²) in [6, 6.07) is 12.8. The molecule has 3 aromatic rings. The van der Waals surface area contributed by atoms with E-state index in [0.29, 0.717) is 11.3 Å². The quantitative estimate of drug-likeness (QED) is 0.606. The Kier molecular flexibility index (Phi) is 6.10. The average Bonchev–Trinajstić information content (AvgIpc) is 2.73. The number of rotatable bonds is 6. The van der Waals surface area contributed by atoms with Crippen molar-refractivity contribution in [3.05, 3.63) is 65.1 Å². The number of nitrogens with one attached hydrogen (secondary N) is 1. The maximum absolute atomic E-state index is 13.5. The lowest BCUT2D eigenvalue weighted by Crippen LogP contribution is -2.13. The molecule has 0 saturated heterocycles. The number of hydrogen-bond donors (Lipinski definition) is 1. The van der Waals surface area contributed by atoms with Gasteiger partial charge in [0.1, 0.15) is 6.07 Å². The number of nitrogens with zero attached hydrogens (tertiary/aromatic N) is 2. The zero-order chi connectivity index (χ0) is 21.9. The molecule has 7 nitrogen and oxygen atoms in total. The number of nitriles is 1. The van der Waals surface area contributed by atoms with Crippen LogP contribution in [0.3, 0.4) is 0 Å². The normalized spacial score (nSPS) is 10.9. The molecular formula is C20H15ClFN3O4S. The van der Waals surface area contributed by atoms with Crippen molar-refractivity contribution in [1.29, 1.82) is 5.26 Å². The molecule has 0 saturated carbocycles. The van der Waals surface area contributed by atoms with Gasteiger partial charge in [0, 0.05) is 11.6 Å². The summed E-state index contributed by atoms with van der Waals surface area (Å²) in [4.78, 5) is 3.90. The molecule has 1 heterocycles. The second-order valence-corrected chi connectivity index (χ2v) is 8.05. The van der Waals surface area contributed by atoms with Crippen LogP contribution in [0.2, 0.25) is 5.02 Å². The molecule has 0 aliphatic carbocycles. The first-order chi connectivity index (χ1) is 14.3. The molecule has 0 spiro atoms. The van der Waals surface area contributed by atoms with Crippen molar-refractivity contribution in [2.75, 3.05) is 18.9 Å². The molecule has 1 N–H and O–H groups in total. The van der Waals surface area contributed by atoms with Crippen molar-refractivity contribution >= 4 is 27.3 Å². The Morgan fingerprint density at radius 3 is 2.43 bits per heavy atom. The summed E-state index contributed by atoms with van der Waals surface area (Å²) in [5, 5.41) is 9.10. The first-order valence-corrected chi connectivity index (χ1v) is 10.3. The maximum atomic E-state index is 13.5. The van der Waals surface area contributed by atoms with Gasteiger partial charge in [-0.3, -0.25) is 4.72 Å². The van der Waals surface area contributed by atoms with Gasteiger partial charge < -0.3 is 9.47 Å². The maximum Gasteiger partial charge on any atom is 0.262 e. The van der Waals surface area contributed by atoms with E-state index < -0.39 is 15.8 Å². The zero-order valence-electron chi connectivity index (χ0n) is 15.8. The van der Waals surface area contributed by atoms with Crippen LogP contribution in [0.5, 0.6) is 11.5 Å². The summed E-state index contributed by atoms with van der Waals surface area (Å²) in [5.41, 5.74) is 0.553. The Morgan fingerprint density at radius 2 is 1.80 bits per heavy atom. The summed E-state index contributed by atoms with van der Waals surface area (Å²) in [6.45, 7) is 0. The third kappa shape index (κ3) is 4.30. The van der Waals surface area contributed by atoms with Gasteiger partial charge in [0.2, 0.25) is 0 Å². The standard InChI is InChI=1S/C20H15ClFN3O4S/c1-28-19-8-4-13(10-20(19)29-2)30(26,27)25-12-3-5-14(15(21)9-12)17-7-6-16(22)18(11-23)24-17/h3-10,25H,1-2H3. The summed E-state index contributed by atoms with van der Waals surface area (Å²) in [6.07, 6.45) is 0. The van der Waals surface area contributed by atoms with Crippen LogP contribution in [0, 0.1) is 17.1 Å². The molecule has 2 aromatic carbocycles. The summed E-state index contributed by atoms with van der Waals surface area (Å²) >= 11 is 6.27. The third-order valence-electron chi connectivity index (χ3n) is 4.11. The number of pyridine rings is 1. The number of ether oxygens (including phenoxy) is 2. The van der Waals surface area contributed by atoms with Gasteiger partial charge in [-0.2, -0.15) is 5.26 Å². The highest BCUT2D eigenvalue weighted by Gasteiger charge is 2.18. The van der Waals surface area contributed by atoms with Crippen molar-refractivity contribution in [2.24, 2.45) is 0 Å². The monoisotopic (exact) mass is 447 g/mol. The van der Waals surface area contributed by atoms with Gasteiger partial charge in [0.25, 0.3) is 10.0 Å². The largest absolute Gasteiger partial charge is 0.493 e. The van der Waals surface area contributed by atoms with Crippen molar-refractivity contribution in [3.63, 3.8) is 0 Å². The van der Waals surface area contributed by atoms with Crippen LogP contribution in [-0.2, 0) is 10.0 Å². The van der Waals surface area contributed by atoms with Crippen molar-refractivity contribution < 1.29 is 22.3 Å².